The van der Waals surface area contributed by atoms with E-state index in [4.69, 9.17) is 10.8 Å². The molecule has 3 N–H and O–H groups in total. The minimum Gasteiger partial charge on any atom is -0.396 e. The number of anilines is 1. The molecule has 2 rings (SSSR count). The van der Waals surface area contributed by atoms with Crippen molar-refractivity contribution in [2.24, 2.45) is 11.7 Å². The molecule has 15 heavy (non-hydrogen) atoms. The van der Waals surface area contributed by atoms with Crippen molar-refractivity contribution in [2.75, 3.05) is 24.6 Å². The first-order valence-corrected chi connectivity index (χ1v) is 5.34. The first kappa shape index (κ1) is 10.4. The Morgan fingerprint density at radius 2 is 2.47 bits per heavy atom. The highest BCUT2D eigenvalue weighted by Crippen LogP contribution is 2.22. The molecule has 82 valence electrons. The first-order chi connectivity index (χ1) is 7.33. The van der Waals surface area contributed by atoms with Crippen molar-refractivity contribution in [1.82, 2.24) is 4.98 Å². The SMILES string of the molecule is NCc1ccnc(N2CCC(CO)C2)c1. The van der Waals surface area contributed by atoms with Gasteiger partial charge in [-0.15, -0.1) is 0 Å². The van der Waals surface area contributed by atoms with Crippen LogP contribution in [0.25, 0.3) is 0 Å². The maximum Gasteiger partial charge on any atom is 0.128 e. The molecule has 1 aliphatic heterocycles. The second-order valence-corrected chi connectivity index (χ2v) is 4.01. The predicted octanol–water partition coefficient (Wildman–Crippen LogP) is 0.359. The van der Waals surface area contributed by atoms with Crippen LogP contribution in [0.15, 0.2) is 18.3 Å². The molecule has 1 atom stereocenters. The van der Waals surface area contributed by atoms with Gasteiger partial charge in [-0.05, 0) is 24.1 Å². The summed E-state index contributed by atoms with van der Waals surface area (Å²) in [5.74, 6) is 1.38. The smallest absolute Gasteiger partial charge is 0.128 e. The molecule has 0 spiro atoms. The molecular formula is C11H17N3O. The molecule has 1 aliphatic rings. The summed E-state index contributed by atoms with van der Waals surface area (Å²) in [5, 5.41) is 9.06. The Balaban J connectivity index is 2.09. The topological polar surface area (TPSA) is 62.4 Å². The minimum atomic E-state index is 0.271. The van der Waals surface area contributed by atoms with Crippen LogP contribution in [-0.2, 0) is 6.54 Å². The lowest BCUT2D eigenvalue weighted by atomic mass is 10.1. The van der Waals surface area contributed by atoms with Gasteiger partial charge in [0.15, 0.2) is 0 Å². The molecule has 1 aromatic heterocycles. The molecule has 0 saturated carbocycles. The van der Waals surface area contributed by atoms with E-state index in [-0.39, 0.29) is 6.61 Å². The summed E-state index contributed by atoms with van der Waals surface area (Å²) < 4.78 is 0. The van der Waals surface area contributed by atoms with Crippen molar-refractivity contribution in [3.63, 3.8) is 0 Å². The maximum atomic E-state index is 9.06. The first-order valence-electron chi connectivity index (χ1n) is 5.34. The van der Waals surface area contributed by atoms with Crippen LogP contribution in [0.3, 0.4) is 0 Å². The van der Waals surface area contributed by atoms with E-state index >= 15 is 0 Å². The van der Waals surface area contributed by atoms with E-state index in [2.05, 4.69) is 9.88 Å². The predicted molar refractivity (Wildman–Crippen MR) is 59.5 cm³/mol. The molecule has 0 aromatic carbocycles. The summed E-state index contributed by atoms with van der Waals surface area (Å²) >= 11 is 0. The maximum absolute atomic E-state index is 9.06. The summed E-state index contributed by atoms with van der Waals surface area (Å²) in [6.45, 7) is 2.70. The van der Waals surface area contributed by atoms with Gasteiger partial charge in [0.2, 0.25) is 0 Å². The third kappa shape index (κ3) is 2.27. The van der Waals surface area contributed by atoms with Gasteiger partial charge in [-0.2, -0.15) is 0 Å². The Bertz CT molecular complexity index is 329. The fourth-order valence-corrected chi connectivity index (χ4v) is 1.95. The van der Waals surface area contributed by atoms with Gasteiger partial charge >= 0.3 is 0 Å². The van der Waals surface area contributed by atoms with Gasteiger partial charge in [0.05, 0.1) is 0 Å². The number of aliphatic hydroxyl groups excluding tert-OH is 1. The van der Waals surface area contributed by atoms with Gasteiger partial charge in [-0.1, -0.05) is 0 Å². The molecule has 0 radical (unpaired) electrons. The molecular weight excluding hydrogens is 190 g/mol. The van der Waals surface area contributed by atoms with Gasteiger partial charge in [-0.3, -0.25) is 0 Å². The van der Waals surface area contributed by atoms with E-state index in [0.717, 1.165) is 30.9 Å². The number of aromatic nitrogens is 1. The van der Waals surface area contributed by atoms with Gasteiger partial charge < -0.3 is 15.7 Å². The van der Waals surface area contributed by atoms with Gasteiger partial charge in [0, 0.05) is 38.4 Å². The van der Waals surface area contributed by atoms with Crippen LogP contribution in [-0.4, -0.2) is 29.8 Å². The van der Waals surface area contributed by atoms with E-state index < -0.39 is 0 Å². The average molecular weight is 207 g/mol. The van der Waals surface area contributed by atoms with E-state index in [1.165, 1.54) is 0 Å². The highest BCUT2D eigenvalue weighted by molar-refractivity contribution is 5.42. The molecule has 1 saturated heterocycles. The van der Waals surface area contributed by atoms with Crippen LogP contribution in [0.2, 0.25) is 0 Å². The van der Waals surface area contributed by atoms with Crippen molar-refractivity contribution >= 4 is 5.82 Å². The third-order valence-electron chi connectivity index (χ3n) is 2.91. The zero-order valence-corrected chi connectivity index (χ0v) is 8.76. The van der Waals surface area contributed by atoms with Crippen LogP contribution in [0, 0.1) is 5.92 Å². The van der Waals surface area contributed by atoms with Crippen molar-refractivity contribution in [3.8, 4) is 0 Å². The summed E-state index contributed by atoms with van der Waals surface area (Å²) in [5.41, 5.74) is 6.69. The molecule has 2 heterocycles. The normalized spacial score (nSPS) is 20.9. The second kappa shape index (κ2) is 4.59. The van der Waals surface area contributed by atoms with Crippen LogP contribution in [0.5, 0.6) is 0 Å². The Labute approximate surface area is 89.7 Å². The molecule has 4 nitrogen and oxygen atoms in total. The lowest BCUT2D eigenvalue weighted by Crippen LogP contribution is -2.21. The molecule has 4 heteroatoms. The zero-order chi connectivity index (χ0) is 10.7. The van der Waals surface area contributed by atoms with E-state index in [9.17, 15) is 0 Å². The van der Waals surface area contributed by atoms with E-state index in [0.29, 0.717) is 12.5 Å². The van der Waals surface area contributed by atoms with Crippen LogP contribution in [0.4, 0.5) is 5.82 Å². The number of pyridine rings is 1. The summed E-state index contributed by atoms with van der Waals surface area (Å²) in [6, 6.07) is 3.96. The van der Waals surface area contributed by atoms with Gasteiger partial charge in [0.1, 0.15) is 5.82 Å². The molecule has 0 amide bonds. The molecule has 0 bridgehead atoms. The van der Waals surface area contributed by atoms with Crippen LogP contribution in [0.1, 0.15) is 12.0 Å². The monoisotopic (exact) mass is 207 g/mol. The van der Waals surface area contributed by atoms with Crippen molar-refractivity contribution in [2.45, 2.75) is 13.0 Å². The highest BCUT2D eigenvalue weighted by Gasteiger charge is 2.22. The third-order valence-corrected chi connectivity index (χ3v) is 2.91. The number of rotatable bonds is 3. The Kier molecular flexibility index (Phi) is 3.18. The number of aliphatic hydroxyl groups is 1. The standard InChI is InChI=1S/C11H17N3O/c12-6-9-1-3-13-11(5-9)14-4-2-10(7-14)8-15/h1,3,5,10,15H,2,4,6-8,12H2. The summed E-state index contributed by atoms with van der Waals surface area (Å²) in [6.07, 6.45) is 2.84. The lowest BCUT2D eigenvalue weighted by molar-refractivity contribution is 0.238. The molecule has 1 unspecified atom stereocenters. The van der Waals surface area contributed by atoms with E-state index in [1.54, 1.807) is 6.20 Å². The molecule has 0 aliphatic carbocycles. The lowest BCUT2D eigenvalue weighted by Gasteiger charge is -2.17. The van der Waals surface area contributed by atoms with E-state index in [1.807, 2.05) is 12.1 Å². The summed E-state index contributed by atoms with van der Waals surface area (Å²) in [7, 11) is 0. The average Bonchev–Trinajstić information content (AvgIpc) is 2.78. The fourth-order valence-electron chi connectivity index (χ4n) is 1.95. The number of hydrogen-bond donors (Lipinski definition) is 2. The Hall–Kier alpha value is -1.13. The zero-order valence-electron chi connectivity index (χ0n) is 8.76. The minimum absolute atomic E-state index is 0.271. The van der Waals surface area contributed by atoms with Crippen LogP contribution < -0.4 is 10.6 Å². The van der Waals surface area contributed by atoms with Gasteiger partial charge in [0.25, 0.3) is 0 Å². The molecule has 1 aromatic rings. The molecule has 1 fully saturated rings. The van der Waals surface area contributed by atoms with Gasteiger partial charge in [-0.25, -0.2) is 4.98 Å². The number of hydrogen-bond acceptors (Lipinski definition) is 4. The van der Waals surface area contributed by atoms with Crippen molar-refractivity contribution in [3.05, 3.63) is 23.9 Å². The van der Waals surface area contributed by atoms with Crippen molar-refractivity contribution in [1.29, 1.82) is 0 Å². The largest absolute Gasteiger partial charge is 0.396 e. The Morgan fingerprint density at radius 3 is 3.13 bits per heavy atom. The fraction of sp³-hybridized carbons (Fsp3) is 0.545. The number of nitrogens with two attached hydrogens (primary N) is 1. The highest BCUT2D eigenvalue weighted by atomic mass is 16.3. The van der Waals surface area contributed by atoms with Crippen molar-refractivity contribution < 1.29 is 5.11 Å². The number of nitrogens with zero attached hydrogens (tertiary/aromatic N) is 2. The summed E-state index contributed by atoms with van der Waals surface area (Å²) in [4.78, 5) is 6.54. The second-order valence-electron chi connectivity index (χ2n) is 4.01. The van der Waals surface area contributed by atoms with Crippen LogP contribution >= 0.6 is 0 Å². The Morgan fingerprint density at radius 1 is 1.60 bits per heavy atom. The quantitative estimate of drug-likeness (QED) is 0.751.